The Bertz CT molecular complexity index is 1110. The summed E-state index contributed by atoms with van der Waals surface area (Å²) in [5, 5.41) is 13.5. The van der Waals surface area contributed by atoms with Crippen LogP contribution in [0.5, 0.6) is 0 Å². The third kappa shape index (κ3) is 5.47. The number of carboxylic acid groups (broad SMARTS) is 1. The zero-order valence-electron chi connectivity index (χ0n) is 18.6. The number of benzene rings is 2. The van der Waals surface area contributed by atoms with Gasteiger partial charge in [0.15, 0.2) is 0 Å². The molecular weight excluding hydrogens is 426 g/mol. The zero-order valence-corrected chi connectivity index (χ0v) is 18.6. The summed E-state index contributed by atoms with van der Waals surface area (Å²) in [5.74, 6) is -1.38. The average molecular weight is 455 g/mol. The predicted octanol–water partition coefficient (Wildman–Crippen LogP) is 5.71. The van der Waals surface area contributed by atoms with Gasteiger partial charge in [-0.1, -0.05) is 30.3 Å². The highest BCUT2D eigenvalue weighted by atomic mass is 19.1. The van der Waals surface area contributed by atoms with Crippen molar-refractivity contribution in [3.8, 4) is 22.4 Å². The van der Waals surface area contributed by atoms with Crippen LogP contribution in [0.15, 0.2) is 48.5 Å². The molecule has 1 aliphatic rings. The summed E-state index contributed by atoms with van der Waals surface area (Å²) in [6.07, 6.45) is 3.97. The van der Waals surface area contributed by atoms with E-state index in [1.165, 1.54) is 12.1 Å². The molecule has 2 aromatic carbocycles. The van der Waals surface area contributed by atoms with E-state index in [1.54, 1.807) is 0 Å². The van der Waals surface area contributed by atoms with E-state index in [1.807, 2.05) is 41.9 Å². The number of hydrogen-bond donors (Lipinski definition) is 1. The number of aromatic nitrogens is 2. The highest BCUT2D eigenvalue weighted by molar-refractivity contribution is 5.82. The molecule has 174 valence electrons. The van der Waals surface area contributed by atoms with Crippen LogP contribution in [0.25, 0.3) is 22.4 Å². The lowest BCUT2D eigenvalue weighted by molar-refractivity contribution is -0.142. The molecule has 0 amide bonds. The van der Waals surface area contributed by atoms with Gasteiger partial charge in [0.1, 0.15) is 23.9 Å². The molecule has 1 saturated carbocycles. The first-order valence-corrected chi connectivity index (χ1v) is 11.3. The van der Waals surface area contributed by atoms with Crippen molar-refractivity contribution in [2.24, 2.45) is 11.8 Å². The van der Waals surface area contributed by atoms with Gasteiger partial charge in [-0.2, -0.15) is 5.10 Å². The largest absolute Gasteiger partial charge is 0.480 e. The molecule has 33 heavy (non-hydrogen) atoms. The molecule has 1 heterocycles. The Hall–Kier alpha value is -3.06. The van der Waals surface area contributed by atoms with Gasteiger partial charge in [-0.3, -0.25) is 4.68 Å². The van der Waals surface area contributed by atoms with Gasteiger partial charge in [0, 0.05) is 29.4 Å². The van der Waals surface area contributed by atoms with Crippen LogP contribution < -0.4 is 0 Å². The molecule has 1 aliphatic carbocycles. The van der Waals surface area contributed by atoms with Crippen LogP contribution in [0.3, 0.4) is 0 Å². The maximum Gasteiger partial charge on any atom is 0.329 e. The minimum atomic E-state index is -0.944. The SMILES string of the molecule is Cc1c(-c2ccccc2)c(-c2ccc(F)cc2F)nn1C[C@H]1CC[C@H](COCC(=O)O)CC1. The van der Waals surface area contributed by atoms with Gasteiger partial charge in [0.25, 0.3) is 0 Å². The van der Waals surface area contributed by atoms with Crippen molar-refractivity contribution >= 4 is 5.97 Å². The molecule has 5 nitrogen and oxygen atoms in total. The van der Waals surface area contributed by atoms with Crippen LogP contribution in [0.2, 0.25) is 0 Å². The number of hydrogen-bond acceptors (Lipinski definition) is 3. The van der Waals surface area contributed by atoms with Crippen molar-refractivity contribution in [3.05, 3.63) is 65.9 Å². The second-order valence-electron chi connectivity index (χ2n) is 8.78. The molecule has 0 aliphatic heterocycles. The first kappa shape index (κ1) is 23.1. The summed E-state index contributed by atoms with van der Waals surface area (Å²) in [6, 6.07) is 13.4. The molecule has 1 aromatic heterocycles. The molecule has 0 saturated heterocycles. The summed E-state index contributed by atoms with van der Waals surface area (Å²) in [5.41, 5.74) is 3.56. The Balaban J connectivity index is 1.55. The highest BCUT2D eigenvalue weighted by Gasteiger charge is 2.25. The van der Waals surface area contributed by atoms with E-state index in [4.69, 9.17) is 14.9 Å². The number of halogens is 2. The topological polar surface area (TPSA) is 64.4 Å². The van der Waals surface area contributed by atoms with E-state index < -0.39 is 17.6 Å². The molecule has 0 spiro atoms. The Morgan fingerprint density at radius 1 is 1.09 bits per heavy atom. The van der Waals surface area contributed by atoms with E-state index in [0.717, 1.165) is 55.1 Å². The number of ether oxygens (including phenoxy) is 1. The lowest BCUT2D eigenvalue weighted by atomic mass is 9.82. The second kappa shape index (κ2) is 10.3. The van der Waals surface area contributed by atoms with Gasteiger partial charge in [0.2, 0.25) is 0 Å². The van der Waals surface area contributed by atoms with Crippen molar-refractivity contribution in [2.45, 2.75) is 39.2 Å². The van der Waals surface area contributed by atoms with E-state index in [2.05, 4.69) is 0 Å². The lowest BCUT2D eigenvalue weighted by Crippen LogP contribution is -2.23. The molecule has 0 bridgehead atoms. The van der Waals surface area contributed by atoms with E-state index in [-0.39, 0.29) is 12.2 Å². The highest BCUT2D eigenvalue weighted by Crippen LogP contribution is 2.37. The Kier molecular flexibility index (Phi) is 7.18. The minimum Gasteiger partial charge on any atom is -0.480 e. The fraction of sp³-hybridized carbons (Fsp3) is 0.385. The van der Waals surface area contributed by atoms with Crippen LogP contribution in [0.4, 0.5) is 8.78 Å². The van der Waals surface area contributed by atoms with Crippen molar-refractivity contribution in [2.75, 3.05) is 13.2 Å². The molecule has 1 fully saturated rings. The quantitative estimate of drug-likeness (QED) is 0.473. The number of rotatable bonds is 8. The summed E-state index contributed by atoms with van der Waals surface area (Å²) >= 11 is 0. The van der Waals surface area contributed by atoms with E-state index in [9.17, 15) is 13.6 Å². The monoisotopic (exact) mass is 454 g/mol. The van der Waals surface area contributed by atoms with Gasteiger partial charge in [-0.05, 0) is 62.1 Å². The number of carbonyl (C=O) groups is 1. The first-order chi connectivity index (χ1) is 15.9. The number of nitrogens with zero attached hydrogens (tertiary/aromatic N) is 2. The van der Waals surface area contributed by atoms with Crippen molar-refractivity contribution < 1.29 is 23.4 Å². The van der Waals surface area contributed by atoms with Gasteiger partial charge in [-0.25, -0.2) is 13.6 Å². The molecule has 0 radical (unpaired) electrons. The average Bonchev–Trinajstić information content (AvgIpc) is 3.11. The fourth-order valence-corrected chi connectivity index (χ4v) is 4.68. The van der Waals surface area contributed by atoms with Crippen LogP contribution in [-0.4, -0.2) is 34.1 Å². The maximum atomic E-state index is 14.7. The van der Waals surface area contributed by atoms with Crippen molar-refractivity contribution in [1.29, 1.82) is 0 Å². The fourth-order valence-electron chi connectivity index (χ4n) is 4.68. The minimum absolute atomic E-state index is 0.253. The summed E-state index contributed by atoms with van der Waals surface area (Å²) in [6.45, 7) is 2.94. The third-order valence-electron chi connectivity index (χ3n) is 6.43. The molecule has 7 heteroatoms. The molecule has 0 unspecified atom stereocenters. The van der Waals surface area contributed by atoms with Gasteiger partial charge < -0.3 is 9.84 Å². The summed E-state index contributed by atoms with van der Waals surface area (Å²) in [4.78, 5) is 10.6. The normalized spacial score (nSPS) is 18.4. The lowest BCUT2D eigenvalue weighted by Gasteiger charge is -2.28. The smallest absolute Gasteiger partial charge is 0.329 e. The first-order valence-electron chi connectivity index (χ1n) is 11.3. The van der Waals surface area contributed by atoms with Gasteiger partial charge in [-0.15, -0.1) is 0 Å². The maximum absolute atomic E-state index is 14.7. The van der Waals surface area contributed by atoms with Crippen LogP contribution in [0.1, 0.15) is 31.4 Å². The van der Waals surface area contributed by atoms with Crippen LogP contribution in [-0.2, 0) is 16.1 Å². The van der Waals surface area contributed by atoms with Gasteiger partial charge in [0.05, 0.1) is 6.61 Å². The van der Waals surface area contributed by atoms with Gasteiger partial charge >= 0.3 is 5.97 Å². The second-order valence-corrected chi connectivity index (χ2v) is 8.78. The molecule has 4 rings (SSSR count). The van der Waals surface area contributed by atoms with Crippen LogP contribution >= 0.6 is 0 Å². The Labute approximate surface area is 192 Å². The summed E-state index contributed by atoms with van der Waals surface area (Å²) in [7, 11) is 0. The van der Waals surface area contributed by atoms with Crippen molar-refractivity contribution in [1.82, 2.24) is 9.78 Å². The van der Waals surface area contributed by atoms with E-state index >= 15 is 0 Å². The Morgan fingerprint density at radius 3 is 2.45 bits per heavy atom. The molecular formula is C26H28F2N2O3. The number of carboxylic acids is 1. The standard InChI is InChI=1S/C26H28F2N2O3/c1-17-25(20-5-3-2-4-6-20)26(22-12-11-21(27)13-23(22)28)29-30(17)14-18-7-9-19(10-8-18)15-33-16-24(31)32/h2-6,11-13,18-19H,7-10,14-16H2,1H3,(H,31,32)/t18-,19-. The van der Waals surface area contributed by atoms with Crippen molar-refractivity contribution in [3.63, 3.8) is 0 Å². The third-order valence-corrected chi connectivity index (χ3v) is 6.43. The number of aliphatic carboxylic acids is 1. The molecule has 3 aromatic rings. The summed E-state index contributed by atoms with van der Waals surface area (Å²) < 4.78 is 35.4. The van der Waals surface area contributed by atoms with Crippen LogP contribution in [0, 0.1) is 30.4 Å². The Morgan fingerprint density at radius 2 is 1.79 bits per heavy atom. The molecule has 0 atom stereocenters. The molecule has 1 N–H and O–H groups in total. The van der Waals surface area contributed by atoms with E-state index in [0.29, 0.717) is 24.1 Å². The predicted molar refractivity (Wildman–Crippen MR) is 122 cm³/mol. The zero-order chi connectivity index (χ0) is 23.4.